The Kier molecular flexibility index (Phi) is 4.47. The van der Waals surface area contributed by atoms with Gasteiger partial charge in [-0.1, -0.05) is 34.1 Å². The summed E-state index contributed by atoms with van der Waals surface area (Å²) >= 11 is 3.42. The summed E-state index contributed by atoms with van der Waals surface area (Å²) in [5.74, 6) is -2.20. The third-order valence-electron chi connectivity index (χ3n) is 4.19. The largest absolute Gasteiger partial charge is 0.503 e. The Morgan fingerprint density at radius 1 is 1.24 bits per heavy atom. The van der Waals surface area contributed by atoms with Gasteiger partial charge in [0.1, 0.15) is 5.82 Å². The number of anilines is 1. The van der Waals surface area contributed by atoms with Crippen molar-refractivity contribution in [3.63, 3.8) is 0 Å². The average molecular weight is 404 g/mol. The van der Waals surface area contributed by atoms with Crippen molar-refractivity contribution in [3.8, 4) is 0 Å². The molecule has 0 spiro atoms. The first-order valence-electron chi connectivity index (χ1n) is 7.60. The van der Waals surface area contributed by atoms with Crippen molar-refractivity contribution in [1.29, 1.82) is 0 Å². The maximum absolute atomic E-state index is 13.7. The highest BCUT2D eigenvalue weighted by atomic mass is 79.9. The first-order valence-corrected chi connectivity index (χ1v) is 8.39. The van der Waals surface area contributed by atoms with Crippen molar-refractivity contribution in [2.45, 2.75) is 19.9 Å². The summed E-state index contributed by atoms with van der Waals surface area (Å²) in [5.41, 5.74) is 1.85. The molecule has 0 saturated carbocycles. The second kappa shape index (κ2) is 6.44. The van der Waals surface area contributed by atoms with E-state index in [4.69, 9.17) is 0 Å². The van der Waals surface area contributed by atoms with Crippen LogP contribution in [0, 0.1) is 12.7 Å². The van der Waals surface area contributed by atoms with Crippen LogP contribution in [-0.4, -0.2) is 16.8 Å². The normalized spacial score (nSPS) is 17.4. The summed E-state index contributed by atoms with van der Waals surface area (Å²) in [6.45, 7) is 3.18. The Balaban J connectivity index is 2.20. The number of nitrogens with zero attached hydrogens (tertiary/aromatic N) is 1. The number of aliphatic hydroxyl groups excluding tert-OH is 1. The van der Waals surface area contributed by atoms with Crippen molar-refractivity contribution in [1.82, 2.24) is 0 Å². The molecule has 128 valence electrons. The van der Waals surface area contributed by atoms with Crippen molar-refractivity contribution < 1.29 is 19.1 Å². The molecule has 1 aliphatic heterocycles. The van der Waals surface area contributed by atoms with Gasteiger partial charge in [0.2, 0.25) is 0 Å². The number of hydrogen-bond acceptors (Lipinski definition) is 3. The van der Waals surface area contributed by atoms with E-state index in [1.807, 2.05) is 13.0 Å². The number of aryl methyl sites for hydroxylation is 1. The fourth-order valence-electron chi connectivity index (χ4n) is 2.95. The molecule has 1 unspecified atom stereocenters. The molecule has 1 amide bonds. The number of carbonyl (C=O) groups is 2. The van der Waals surface area contributed by atoms with Gasteiger partial charge in [-0.05, 0) is 49.2 Å². The van der Waals surface area contributed by atoms with E-state index < -0.39 is 29.3 Å². The molecule has 0 bridgehead atoms. The lowest BCUT2D eigenvalue weighted by Gasteiger charge is -2.27. The van der Waals surface area contributed by atoms with Gasteiger partial charge in [0.15, 0.2) is 11.5 Å². The molecule has 0 fully saturated rings. The van der Waals surface area contributed by atoms with E-state index in [0.717, 1.165) is 10.0 Å². The summed E-state index contributed by atoms with van der Waals surface area (Å²) in [7, 11) is 0. The molecule has 1 aliphatic rings. The maximum Gasteiger partial charge on any atom is 0.294 e. The van der Waals surface area contributed by atoms with Gasteiger partial charge in [0, 0.05) is 10.2 Å². The maximum atomic E-state index is 13.7. The highest BCUT2D eigenvalue weighted by Crippen LogP contribution is 2.41. The van der Waals surface area contributed by atoms with Crippen molar-refractivity contribution in [3.05, 3.63) is 75.2 Å². The fraction of sp³-hybridized carbons (Fsp3) is 0.158. The van der Waals surface area contributed by atoms with Crippen LogP contribution >= 0.6 is 15.9 Å². The number of carbonyl (C=O) groups excluding carboxylic acids is 2. The SMILES string of the molecule is CC(=O)C1=C(O)C(=O)N(c2ccc(C)c(Br)c2)C1c1cccc(F)c1. The number of amides is 1. The van der Waals surface area contributed by atoms with E-state index >= 15 is 0 Å². The highest BCUT2D eigenvalue weighted by Gasteiger charge is 2.43. The molecule has 4 nitrogen and oxygen atoms in total. The first kappa shape index (κ1) is 17.4. The molecule has 0 saturated heterocycles. The first-order chi connectivity index (χ1) is 11.8. The van der Waals surface area contributed by atoms with Crippen LogP contribution in [0.4, 0.5) is 10.1 Å². The van der Waals surface area contributed by atoms with Gasteiger partial charge >= 0.3 is 0 Å². The molecule has 6 heteroatoms. The van der Waals surface area contributed by atoms with E-state index in [-0.39, 0.29) is 5.57 Å². The van der Waals surface area contributed by atoms with Gasteiger partial charge in [-0.3, -0.25) is 14.5 Å². The molecule has 0 aromatic heterocycles. The molecule has 2 aromatic rings. The zero-order chi connectivity index (χ0) is 18.3. The van der Waals surface area contributed by atoms with Crippen LogP contribution < -0.4 is 4.90 Å². The van der Waals surface area contributed by atoms with E-state index in [9.17, 15) is 19.1 Å². The molecule has 1 N–H and O–H groups in total. The third kappa shape index (κ3) is 2.98. The van der Waals surface area contributed by atoms with E-state index in [1.165, 1.54) is 30.0 Å². The summed E-state index contributed by atoms with van der Waals surface area (Å²) in [4.78, 5) is 26.0. The molecule has 0 radical (unpaired) electrons. The Morgan fingerprint density at radius 3 is 2.56 bits per heavy atom. The lowest BCUT2D eigenvalue weighted by molar-refractivity contribution is -0.117. The lowest BCUT2D eigenvalue weighted by atomic mass is 9.96. The Labute approximate surface area is 152 Å². The lowest BCUT2D eigenvalue weighted by Crippen LogP contribution is -2.31. The Bertz CT molecular complexity index is 923. The van der Waals surface area contributed by atoms with Gasteiger partial charge < -0.3 is 5.11 Å². The van der Waals surface area contributed by atoms with Crippen LogP contribution in [0.1, 0.15) is 24.1 Å². The van der Waals surface area contributed by atoms with Gasteiger partial charge in [-0.25, -0.2) is 4.39 Å². The van der Waals surface area contributed by atoms with E-state index in [2.05, 4.69) is 15.9 Å². The number of rotatable bonds is 3. The van der Waals surface area contributed by atoms with Crippen LogP contribution in [-0.2, 0) is 9.59 Å². The van der Waals surface area contributed by atoms with Gasteiger partial charge in [-0.2, -0.15) is 0 Å². The standard InChI is InChI=1S/C19H15BrFNO3/c1-10-6-7-14(9-15(10)20)22-17(12-4-3-5-13(21)8-12)16(11(2)23)18(24)19(22)25/h3-9,17,24H,1-2H3. The van der Waals surface area contributed by atoms with Crippen LogP contribution in [0.5, 0.6) is 0 Å². The van der Waals surface area contributed by atoms with Crippen LogP contribution in [0.25, 0.3) is 0 Å². The quantitative estimate of drug-likeness (QED) is 0.826. The molecular formula is C19H15BrFNO3. The van der Waals surface area contributed by atoms with Crippen LogP contribution in [0.15, 0.2) is 58.3 Å². The number of Topliss-reactive ketones (excluding diaryl/α,β-unsaturated/α-hetero) is 1. The molecular weight excluding hydrogens is 389 g/mol. The van der Waals surface area contributed by atoms with Crippen molar-refractivity contribution >= 4 is 33.3 Å². The van der Waals surface area contributed by atoms with E-state index in [0.29, 0.717) is 11.3 Å². The minimum absolute atomic E-state index is 0.0349. The summed E-state index contributed by atoms with van der Waals surface area (Å²) in [5, 5.41) is 10.2. The number of aliphatic hydroxyl groups is 1. The Morgan fingerprint density at radius 2 is 1.96 bits per heavy atom. The molecule has 1 heterocycles. The van der Waals surface area contributed by atoms with Gasteiger partial charge in [0.05, 0.1) is 11.6 Å². The second-order valence-electron chi connectivity index (χ2n) is 5.88. The number of benzene rings is 2. The Hall–Kier alpha value is -2.47. The van der Waals surface area contributed by atoms with E-state index in [1.54, 1.807) is 18.2 Å². The summed E-state index contributed by atoms with van der Waals surface area (Å²) in [6.07, 6.45) is 0. The average Bonchev–Trinajstić information content (AvgIpc) is 2.82. The molecule has 1 atom stereocenters. The predicted molar refractivity (Wildman–Crippen MR) is 95.8 cm³/mol. The molecule has 25 heavy (non-hydrogen) atoms. The zero-order valence-electron chi connectivity index (χ0n) is 13.6. The fourth-order valence-corrected chi connectivity index (χ4v) is 3.32. The van der Waals surface area contributed by atoms with Crippen molar-refractivity contribution in [2.75, 3.05) is 4.90 Å². The third-order valence-corrected chi connectivity index (χ3v) is 5.04. The smallest absolute Gasteiger partial charge is 0.294 e. The molecule has 0 aliphatic carbocycles. The predicted octanol–water partition coefficient (Wildman–Crippen LogP) is 4.39. The minimum atomic E-state index is -0.879. The highest BCUT2D eigenvalue weighted by molar-refractivity contribution is 9.10. The second-order valence-corrected chi connectivity index (χ2v) is 6.74. The monoisotopic (exact) mass is 403 g/mol. The summed E-state index contributed by atoms with van der Waals surface area (Å²) in [6, 6.07) is 10.1. The number of hydrogen-bond donors (Lipinski definition) is 1. The van der Waals surface area contributed by atoms with Crippen molar-refractivity contribution in [2.24, 2.45) is 0 Å². The zero-order valence-corrected chi connectivity index (χ0v) is 15.2. The molecule has 2 aromatic carbocycles. The number of ketones is 1. The topological polar surface area (TPSA) is 57.6 Å². The summed E-state index contributed by atoms with van der Waals surface area (Å²) < 4.78 is 14.5. The number of halogens is 2. The van der Waals surface area contributed by atoms with Gasteiger partial charge in [0.25, 0.3) is 5.91 Å². The van der Waals surface area contributed by atoms with Crippen LogP contribution in [0.2, 0.25) is 0 Å². The molecule has 3 rings (SSSR count). The van der Waals surface area contributed by atoms with Crippen LogP contribution in [0.3, 0.4) is 0 Å². The van der Waals surface area contributed by atoms with Gasteiger partial charge in [-0.15, -0.1) is 0 Å². The minimum Gasteiger partial charge on any atom is -0.503 e.